The van der Waals surface area contributed by atoms with Gasteiger partial charge in [-0.2, -0.15) is 13.2 Å². The smallest absolute Gasteiger partial charge is 0.379 e. The van der Waals surface area contributed by atoms with E-state index in [4.69, 9.17) is 20.9 Å². The Morgan fingerprint density at radius 1 is 0.691 bits per heavy atom. The summed E-state index contributed by atoms with van der Waals surface area (Å²) in [6, 6.07) is 7.21. The molecule has 13 atom stereocenters. The maximum absolute atomic E-state index is 14.6. The number of ether oxygens (including phenoxy) is 2. The Bertz CT molecular complexity index is 2900. The highest BCUT2D eigenvalue weighted by Crippen LogP contribution is 2.35. The van der Waals surface area contributed by atoms with Crippen molar-refractivity contribution in [1.82, 2.24) is 51.5 Å². The average Bonchev–Trinajstić information content (AvgIpc) is 1.61. The quantitative estimate of drug-likeness (QED) is 0.0415. The standard InChI is InChI=1S/C69H110F3N13O12/c1-15-43(8)59(83(12)67(94)57(41(4)5)81-66(93)58(42(6)7)82(10)11)52(96-13)38-55(87)85-34-20-25-51(85)60(97-14)44(9)62(89)79-50(36-45-22-17-16-18-23-45)63(90)76-39-46-27-29-48(30-28-46)77-64(91)49(24-19-32-75-68(74)95)78-65(92)56(40(2)3)80-54(86)26-21-33-84-35-31-47(61(73)88)37-53(84)69(70,71)72/h16-18,22-23,27-30,40-44,47,49-53,56-60H,15,19-21,24-26,31-39H2,1-14H3,(H2,73,88)(H,76,90)(H,77,91)(H,78,92)(H,79,89)(H,80,86)(H,81,93)(H3,74,75,95)/t43-,44+,47-,49-,50-,51-,52+,53+,56-,57-,58-,59-,60+/m0/s1. The summed E-state index contributed by atoms with van der Waals surface area (Å²) in [7, 11) is 8.35. The number of nitrogens with one attached hydrogen (secondary N) is 7. The molecule has 2 aliphatic rings. The van der Waals surface area contributed by atoms with Crippen molar-refractivity contribution in [2.24, 2.45) is 47.0 Å². The van der Waals surface area contributed by atoms with E-state index < -0.39 is 132 Å². The van der Waals surface area contributed by atoms with E-state index in [9.17, 15) is 61.1 Å². The van der Waals surface area contributed by atoms with Crippen LogP contribution in [0.5, 0.6) is 0 Å². The minimum absolute atomic E-state index is 0.00978. The predicted molar refractivity (Wildman–Crippen MR) is 362 cm³/mol. The number of alkyl halides is 3. The number of methoxy groups -OCH3 is 2. The van der Waals surface area contributed by atoms with Crippen molar-refractivity contribution >= 4 is 64.9 Å². The zero-order chi connectivity index (χ0) is 72.6. The molecule has 2 aliphatic heterocycles. The number of rotatable bonds is 38. The normalized spacial score (nSPS) is 19.1. The number of halogens is 3. The van der Waals surface area contributed by atoms with Crippen molar-refractivity contribution in [3.05, 3.63) is 65.7 Å². The van der Waals surface area contributed by atoms with Gasteiger partial charge in [0, 0.05) is 65.3 Å². The van der Waals surface area contributed by atoms with Gasteiger partial charge in [-0.05, 0) is 119 Å². The van der Waals surface area contributed by atoms with Gasteiger partial charge in [0.15, 0.2) is 0 Å². The first kappa shape index (κ1) is 82.0. The number of carbonyl (C=O) groups excluding carboxylic acids is 10. The number of carbonyl (C=O) groups is 10. The molecular formula is C69H110F3N13O12. The van der Waals surface area contributed by atoms with Gasteiger partial charge in [0.25, 0.3) is 0 Å². The van der Waals surface area contributed by atoms with Crippen LogP contribution in [0.25, 0.3) is 0 Å². The minimum Gasteiger partial charge on any atom is -0.379 e. The molecule has 28 heteroatoms. The summed E-state index contributed by atoms with van der Waals surface area (Å²) in [6.45, 7) is 17.1. The molecule has 2 heterocycles. The zero-order valence-corrected chi connectivity index (χ0v) is 59.2. The van der Waals surface area contributed by atoms with Crippen molar-refractivity contribution in [2.75, 3.05) is 66.9 Å². The highest BCUT2D eigenvalue weighted by molar-refractivity contribution is 5.98. The Balaban J connectivity index is 1.43. The molecule has 0 aromatic heterocycles. The lowest BCUT2D eigenvalue weighted by atomic mass is 9.89. The van der Waals surface area contributed by atoms with E-state index in [0.29, 0.717) is 37.1 Å². The number of nitrogens with two attached hydrogens (primary N) is 2. The number of primary amides is 2. The number of amides is 11. The zero-order valence-electron chi connectivity index (χ0n) is 59.2. The van der Waals surface area contributed by atoms with Crippen LogP contribution in [-0.2, 0) is 65.6 Å². The molecule has 0 radical (unpaired) electrons. The van der Waals surface area contributed by atoms with Gasteiger partial charge in [0.05, 0.1) is 42.7 Å². The Labute approximate surface area is 570 Å². The summed E-state index contributed by atoms with van der Waals surface area (Å²) >= 11 is 0. The van der Waals surface area contributed by atoms with Crippen LogP contribution in [0.2, 0.25) is 0 Å². The van der Waals surface area contributed by atoms with Gasteiger partial charge in [-0.15, -0.1) is 0 Å². The van der Waals surface area contributed by atoms with Crippen LogP contribution in [-0.4, -0.2) is 207 Å². The number of likely N-dealkylation sites (tertiary alicyclic amines) is 2. The summed E-state index contributed by atoms with van der Waals surface area (Å²) in [5, 5.41) is 19.5. The lowest BCUT2D eigenvalue weighted by Gasteiger charge is -2.41. The molecule has 0 bridgehead atoms. The van der Waals surface area contributed by atoms with Gasteiger partial charge in [-0.3, -0.25) is 53.0 Å². The summed E-state index contributed by atoms with van der Waals surface area (Å²) in [5.41, 5.74) is 12.3. The lowest BCUT2D eigenvalue weighted by molar-refractivity contribution is -0.195. The fourth-order valence-electron chi connectivity index (χ4n) is 13.2. The van der Waals surface area contributed by atoms with E-state index in [1.165, 1.54) is 19.1 Å². The van der Waals surface area contributed by atoms with Crippen LogP contribution >= 0.6 is 0 Å². The molecule has 25 nitrogen and oxygen atoms in total. The number of urea groups is 1. The number of benzene rings is 2. The first-order valence-electron chi connectivity index (χ1n) is 34.0. The lowest BCUT2D eigenvalue weighted by Crippen LogP contribution is -2.59. The molecule has 0 saturated carbocycles. The molecule has 97 heavy (non-hydrogen) atoms. The Morgan fingerprint density at radius 2 is 1.33 bits per heavy atom. The maximum atomic E-state index is 14.6. The second-order valence-electron chi connectivity index (χ2n) is 27.2. The number of piperidine rings is 1. The molecule has 544 valence electrons. The van der Waals surface area contributed by atoms with Crippen molar-refractivity contribution in [3.8, 4) is 0 Å². The molecule has 0 unspecified atom stereocenters. The SMILES string of the molecule is CC[C@H](C)[C@@H]([C@@H](CC(=O)N1CCC[C@H]1[C@H](OC)[C@@H](C)C(=O)N[C@@H](Cc1ccccc1)C(=O)NCc1ccc(NC(=O)[C@H](CCCNC(N)=O)NC(=O)[C@@H](NC(=O)CCCN2CC[C@H](C(N)=O)C[C@@H]2C(F)(F)F)C(C)C)cc1)OC)N(C)C(=O)[C@@H](NC(=O)[C@H](C(C)C)N(C)C)C(C)C. The fraction of sp³-hybridized carbons (Fsp3) is 0.681. The van der Waals surface area contributed by atoms with Crippen LogP contribution in [0.4, 0.5) is 23.7 Å². The highest BCUT2D eigenvalue weighted by Gasteiger charge is 2.48. The van der Waals surface area contributed by atoms with Gasteiger partial charge < -0.3 is 68.0 Å². The molecule has 0 spiro atoms. The molecule has 2 fully saturated rings. The summed E-state index contributed by atoms with van der Waals surface area (Å²) in [6.07, 6.45) is -4.53. The Morgan fingerprint density at radius 3 is 1.89 bits per heavy atom. The van der Waals surface area contributed by atoms with Crippen LogP contribution in [0.3, 0.4) is 0 Å². The van der Waals surface area contributed by atoms with Crippen LogP contribution in [0.15, 0.2) is 54.6 Å². The van der Waals surface area contributed by atoms with Crippen LogP contribution in [0.1, 0.15) is 138 Å². The van der Waals surface area contributed by atoms with Gasteiger partial charge in [-0.1, -0.05) is 111 Å². The van der Waals surface area contributed by atoms with Gasteiger partial charge >= 0.3 is 12.2 Å². The summed E-state index contributed by atoms with van der Waals surface area (Å²) in [5.74, 6) is -7.13. The number of hydrogen-bond acceptors (Lipinski definition) is 14. The topological polar surface area (TPSA) is 338 Å². The number of anilines is 1. The number of nitrogens with zero attached hydrogens (tertiary/aromatic N) is 4. The van der Waals surface area contributed by atoms with Crippen LogP contribution in [0, 0.1) is 35.5 Å². The number of hydrogen-bond donors (Lipinski definition) is 9. The van der Waals surface area contributed by atoms with E-state index >= 15 is 0 Å². The first-order valence-corrected chi connectivity index (χ1v) is 34.0. The first-order chi connectivity index (χ1) is 45.6. The van der Waals surface area contributed by atoms with Crippen molar-refractivity contribution in [3.63, 3.8) is 0 Å². The van der Waals surface area contributed by atoms with E-state index in [-0.39, 0.29) is 107 Å². The Kier molecular flexibility index (Phi) is 33.2. The molecule has 0 aliphatic carbocycles. The average molecular weight is 1370 g/mol. The van der Waals surface area contributed by atoms with Crippen molar-refractivity contribution < 1.29 is 70.6 Å². The molecule has 11 amide bonds. The minimum atomic E-state index is -4.61. The molecular weight excluding hydrogens is 1260 g/mol. The van der Waals surface area contributed by atoms with E-state index in [1.54, 1.807) is 61.9 Å². The third kappa shape index (κ3) is 24.8. The predicted octanol–water partition coefficient (Wildman–Crippen LogP) is 4.60. The largest absolute Gasteiger partial charge is 0.404 e. The molecule has 2 aromatic rings. The fourth-order valence-corrected chi connectivity index (χ4v) is 13.2. The Hall–Kier alpha value is -7.43. The molecule has 2 aromatic carbocycles. The van der Waals surface area contributed by atoms with Crippen molar-refractivity contribution in [2.45, 2.75) is 206 Å². The third-order valence-corrected chi connectivity index (χ3v) is 18.8. The van der Waals surface area contributed by atoms with E-state index in [2.05, 4.69) is 37.2 Å². The molecule has 4 rings (SSSR count). The molecule has 11 N–H and O–H groups in total. The second kappa shape index (κ2) is 39.2. The van der Waals surface area contributed by atoms with Crippen LogP contribution < -0.4 is 48.7 Å². The third-order valence-electron chi connectivity index (χ3n) is 18.8. The second-order valence-corrected chi connectivity index (χ2v) is 27.2. The van der Waals surface area contributed by atoms with Gasteiger partial charge in [0.1, 0.15) is 30.2 Å². The van der Waals surface area contributed by atoms with Gasteiger partial charge in [-0.25, -0.2) is 4.79 Å². The number of likely N-dealkylation sites (N-methyl/N-ethyl adjacent to an activating group) is 2. The van der Waals surface area contributed by atoms with Crippen molar-refractivity contribution in [1.29, 1.82) is 0 Å². The van der Waals surface area contributed by atoms with E-state index in [1.807, 2.05) is 90.9 Å². The van der Waals surface area contributed by atoms with E-state index in [0.717, 1.165) is 5.56 Å². The molecule has 2 saturated heterocycles. The maximum Gasteiger partial charge on any atom is 0.404 e. The summed E-state index contributed by atoms with van der Waals surface area (Å²) < 4.78 is 54.0. The van der Waals surface area contributed by atoms with Gasteiger partial charge in [0.2, 0.25) is 53.2 Å². The highest BCUT2D eigenvalue weighted by atomic mass is 19.4. The summed E-state index contributed by atoms with van der Waals surface area (Å²) in [4.78, 5) is 142. The monoisotopic (exact) mass is 1370 g/mol.